The average molecular weight is 406 g/mol. The minimum atomic E-state index is -1.24. The van der Waals surface area contributed by atoms with Crippen LogP contribution in [-0.2, 0) is 19.1 Å². The molecular weight excluding hydrogens is 389 g/mol. The molecule has 0 radical (unpaired) electrons. The molecule has 0 aromatic heterocycles. The number of halogens is 3. The van der Waals surface area contributed by atoms with Crippen LogP contribution in [0.4, 0.5) is 24.5 Å². The first kappa shape index (κ1) is 20.4. The first-order valence-corrected chi connectivity index (χ1v) is 8.77. The lowest BCUT2D eigenvalue weighted by atomic mass is 10.1. The van der Waals surface area contributed by atoms with Crippen molar-refractivity contribution in [3.8, 4) is 0 Å². The van der Waals surface area contributed by atoms with Crippen LogP contribution in [0.5, 0.6) is 0 Å². The molecule has 0 saturated carbocycles. The van der Waals surface area contributed by atoms with Crippen LogP contribution < -0.4 is 10.2 Å². The Morgan fingerprint density at radius 1 is 1.10 bits per heavy atom. The summed E-state index contributed by atoms with van der Waals surface area (Å²) in [6.07, 6.45) is -1.42. The molecule has 152 valence electrons. The van der Waals surface area contributed by atoms with Gasteiger partial charge in [-0.1, -0.05) is 12.1 Å². The Morgan fingerprint density at radius 2 is 1.83 bits per heavy atom. The van der Waals surface area contributed by atoms with Gasteiger partial charge in [-0.2, -0.15) is 0 Å². The molecule has 2 atom stereocenters. The molecule has 29 heavy (non-hydrogen) atoms. The number of carbonyl (C=O) groups is 3. The van der Waals surface area contributed by atoms with Crippen molar-refractivity contribution in [2.24, 2.45) is 5.92 Å². The van der Waals surface area contributed by atoms with Gasteiger partial charge >= 0.3 is 5.97 Å². The van der Waals surface area contributed by atoms with Crippen LogP contribution >= 0.6 is 0 Å². The predicted molar refractivity (Wildman–Crippen MR) is 97.4 cm³/mol. The fraction of sp³-hybridized carbons (Fsp3) is 0.250. The lowest BCUT2D eigenvalue weighted by Crippen LogP contribution is -2.33. The smallest absolute Gasteiger partial charge is 0.312 e. The molecule has 1 saturated heterocycles. The van der Waals surface area contributed by atoms with Gasteiger partial charge in [0.1, 0.15) is 5.82 Å². The van der Waals surface area contributed by atoms with Gasteiger partial charge in [0.2, 0.25) is 5.91 Å². The molecule has 1 fully saturated rings. The molecule has 0 spiro atoms. The monoisotopic (exact) mass is 406 g/mol. The Morgan fingerprint density at radius 3 is 2.52 bits per heavy atom. The van der Waals surface area contributed by atoms with Crippen molar-refractivity contribution in [2.45, 2.75) is 19.4 Å². The normalized spacial score (nSPS) is 17.2. The van der Waals surface area contributed by atoms with Crippen LogP contribution in [0.1, 0.15) is 13.3 Å². The Bertz CT molecular complexity index is 966. The van der Waals surface area contributed by atoms with E-state index in [0.29, 0.717) is 0 Å². The number of nitrogens with zero attached hydrogens (tertiary/aromatic N) is 1. The van der Waals surface area contributed by atoms with E-state index in [2.05, 4.69) is 5.32 Å². The largest absolute Gasteiger partial charge is 0.452 e. The predicted octanol–water partition coefficient (Wildman–Crippen LogP) is 3.03. The third kappa shape index (κ3) is 4.56. The van der Waals surface area contributed by atoms with Gasteiger partial charge in [-0.3, -0.25) is 14.4 Å². The molecule has 2 amide bonds. The maximum atomic E-state index is 13.9. The van der Waals surface area contributed by atoms with Gasteiger partial charge in [0.15, 0.2) is 17.7 Å². The number of benzene rings is 2. The van der Waals surface area contributed by atoms with Crippen LogP contribution in [0, 0.1) is 23.4 Å². The molecule has 9 heteroatoms. The zero-order valence-corrected chi connectivity index (χ0v) is 15.3. The number of hydrogen-bond acceptors (Lipinski definition) is 4. The Kier molecular flexibility index (Phi) is 5.86. The van der Waals surface area contributed by atoms with E-state index in [1.54, 1.807) is 6.07 Å². The maximum Gasteiger partial charge on any atom is 0.312 e. The molecule has 0 bridgehead atoms. The molecule has 1 aliphatic rings. The van der Waals surface area contributed by atoms with Crippen LogP contribution in [0.3, 0.4) is 0 Å². The highest BCUT2D eigenvalue weighted by molar-refractivity contribution is 6.00. The quantitative estimate of drug-likeness (QED) is 0.775. The molecule has 0 unspecified atom stereocenters. The lowest BCUT2D eigenvalue weighted by molar-refractivity contribution is -0.157. The highest BCUT2D eigenvalue weighted by Crippen LogP contribution is 2.28. The molecule has 2 aromatic carbocycles. The first-order valence-electron chi connectivity index (χ1n) is 8.77. The van der Waals surface area contributed by atoms with E-state index < -0.39 is 47.3 Å². The molecule has 1 heterocycles. The molecular formula is C20H17F3N2O4. The molecule has 1 aliphatic heterocycles. The number of nitrogens with one attached hydrogen (secondary N) is 1. The number of hydrogen-bond donors (Lipinski definition) is 1. The van der Waals surface area contributed by atoms with Crippen molar-refractivity contribution in [1.29, 1.82) is 0 Å². The summed E-state index contributed by atoms with van der Waals surface area (Å²) in [5.74, 6) is -5.62. The summed E-state index contributed by atoms with van der Waals surface area (Å²) < 4.78 is 45.2. The minimum absolute atomic E-state index is 0.00132. The van der Waals surface area contributed by atoms with Gasteiger partial charge in [-0.15, -0.1) is 0 Å². The summed E-state index contributed by atoms with van der Waals surface area (Å²) in [6, 6.07) is 8.50. The van der Waals surface area contributed by atoms with E-state index >= 15 is 0 Å². The number of para-hydroxylation sites is 1. The number of anilines is 2. The van der Waals surface area contributed by atoms with E-state index in [4.69, 9.17) is 4.74 Å². The summed E-state index contributed by atoms with van der Waals surface area (Å²) in [5, 5.41) is 2.31. The van der Waals surface area contributed by atoms with Crippen molar-refractivity contribution in [1.82, 2.24) is 0 Å². The third-order valence-electron chi connectivity index (χ3n) is 4.45. The Hall–Kier alpha value is -3.36. The highest BCUT2D eigenvalue weighted by atomic mass is 19.2. The molecule has 2 aromatic rings. The van der Waals surface area contributed by atoms with E-state index in [9.17, 15) is 27.6 Å². The second-order valence-electron chi connectivity index (χ2n) is 6.55. The topological polar surface area (TPSA) is 75.7 Å². The second kappa shape index (κ2) is 8.34. The average Bonchev–Trinajstić information content (AvgIpc) is 3.06. The number of esters is 1. The summed E-state index contributed by atoms with van der Waals surface area (Å²) in [4.78, 5) is 37.8. The lowest BCUT2D eigenvalue weighted by Gasteiger charge is -2.18. The minimum Gasteiger partial charge on any atom is -0.452 e. The van der Waals surface area contributed by atoms with E-state index in [1.165, 1.54) is 25.1 Å². The molecule has 1 N–H and O–H groups in total. The van der Waals surface area contributed by atoms with Crippen LogP contribution in [0.25, 0.3) is 0 Å². The summed E-state index contributed by atoms with van der Waals surface area (Å²) in [6.45, 7) is 1.23. The van der Waals surface area contributed by atoms with Crippen LogP contribution in [-0.4, -0.2) is 30.4 Å². The van der Waals surface area contributed by atoms with E-state index in [-0.39, 0.29) is 24.3 Å². The first-order chi connectivity index (χ1) is 13.8. The van der Waals surface area contributed by atoms with E-state index in [0.717, 1.165) is 23.1 Å². The van der Waals surface area contributed by atoms with Gasteiger partial charge in [-0.05, 0) is 31.2 Å². The summed E-state index contributed by atoms with van der Waals surface area (Å²) in [7, 11) is 0. The van der Waals surface area contributed by atoms with Gasteiger partial charge in [0, 0.05) is 24.7 Å². The fourth-order valence-electron chi connectivity index (χ4n) is 2.91. The molecule has 0 aliphatic carbocycles. The number of amides is 2. The highest BCUT2D eigenvalue weighted by Gasteiger charge is 2.38. The summed E-state index contributed by atoms with van der Waals surface area (Å²) >= 11 is 0. The van der Waals surface area contributed by atoms with Gasteiger partial charge in [0.25, 0.3) is 5.91 Å². The van der Waals surface area contributed by atoms with Crippen molar-refractivity contribution < 1.29 is 32.3 Å². The Labute approximate surface area is 164 Å². The van der Waals surface area contributed by atoms with Crippen molar-refractivity contribution >= 4 is 29.2 Å². The molecule has 3 rings (SSSR count). The van der Waals surface area contributed by atoms with Gasteiger partial charge in [-0.25, -0.2) is 13.2 Å². The second-order valence-corrected chi connectivity index (χ2v) is 6.55. The SMILES string of the molecule is C[C@H](OC(=O)[C@@H]1CC(=O)N(c2ccccc2F)C1)C(=O)Nc1ccc(F)c(F)c1. The Balaban J connectivity index is 1.59. The zero-order chi connectivity index (χ0) is 21.1. The maximum absolute atomic E-state index is 13.9. The number of ether oxygens (including phenoxy) is 1. The summed E-state index contributed by atoms with van der Waals surface area (Å²) in [5.41, 5.74) is 0.0653. The van der Waals surface area contributed by atoms with E-state index in [1.807, 2.05) is 0 Å². The zero-order valence-electron chi connectivity index (χ0n) is 15.3. The van der Waals surface area contributed by atoms with Crippen molar-refractivity contribution in [3.05, 3.63) is 59.9 Å². The van der Waals surface area contributed by atoms with Gasteiger partial charge < -0.3 is 15.0 Å². The van der Waals surface area contributed by atoms with Crippen molar-refractivity contribution in [2.75, 3.05) is 16.8 Å². The fourth-order valence-corrected chi connectivity index (χ4v) is 2.91. The third-order valence-corrected chi connectivity index (χ3v) is 4.45. The molecule has 6 nitrogen and oxygen atoms in total. The van der Waals surface area contributed by atoms with Crippen molar-refractivity contribution in [3.63, 3.8) is 0 Å². The number of rotatable bonds is 5. The van der Waals surface area contributed by atoms with Gasteiger partial charge in [0.05, 0.1) is 11.6 Å². The van der Waals surface area contributed by atoms with Crippen LogP contribution in [0.15, 0.2) is 42.5 Å². The standard InChI is InChI=1S/C20H17F3N2O4/c1-11(19(27)24-13-6-7-14(21)16(23)9-13)29-20(28)12-8-18(26)25(10-12)17-5-3-2-4-15(17)22/h2-7,9,11-12H,8,10H2,1H3,(H,24,27)/t11-,12+/m0/s1. The van der Waals surface area contributed by atoms with Crippen LogP contribution in [0.2, 0.25) is 0 Å². The number of carbonyl (C=O) groups excluding carboxylic acids is 3.